The molecule has 4 rings (SSSR count). The number of aryl methyl sites for hydroxylation is 2. The number of amides is 1. The summed E-state index contributed by atoms with van der Waals surface area (Å²) in [6, 6.07) is 0. The van der Waals surface area contributed by atoms with Crippen molar-refractivity contribution in [1.29, 1.82) is 0 Å². The average Bonchev–Trinajstić information content (AvgIpc) is 3.29. The third-order valence-corrected chi connectivity index (χ3v) is 5.76. The first-order valence-corrected chi connectivity index (χ1v) is 10.3. The normalized spacial score (nSPS) is 15.5. The Labute approximate surface area is 171 Å². The van der Waals surface area contributed by atoms with Crippen molar-refractivity contribution in [1.82, 2.24) is 34.1 Å². The molecule has 4 heterocycles. The molecule has 154 valence electrons. The highest BCUT2D eigenvalue weighted by molar-refractivity contribution is 5.95. The molecule has 0 N–H and O–H groups in total. The zero-order valence-corrected chi connectivity index (χ0v) is 17.9. The summed E-state index contributed by atoms with van der Waals surface area (Å²) in [5.41, 5.74) is 3.70. The van der Waals surface area contributed by atoms with Crippen LogP contribution in [-0.4, -0.2) is 71.8 Å². The van der Waals surface area contributed by atoms with Crippen LogP contribution in [0.25, 0.3) is 16.8 Å². The van der Waals surface area contributed by atoms with Crippen molar-refractivity contribution in [2.24, 2.45) is 0 Å². The third kappa shape index (κ3) is 3.69. The Balaban J connectivity index is 1.69. The van der Waals surface area contributed by atoms with E-state index in [0.29, 0.717) is 29.0 Å². The number of hydrogen-bond donors (Lipinski definition) is 0. The number of aromatic nitrogens is 5. The molecule has 1 aliphatic heterocycles. The Morgan fingerprint density at radius 2 is 1.86 bits per heavy atom. The van der Waals surface area contributed by atoms with Crippen LogP contribution in [0.1, 0.15) is 55.5 Å². The summed E-state index contributed by atoms with van der Waals surface area (Å²) in [6.07, 6.45) is 5.73. The van der Waals surface area contributed by atoms with Crippen LogP contribution in [0.2, 0.25) is 0 Å². The van der Waals surface area contributed by atoms with Gasteiger partial charge in [-0.25, -0.2) is 19.9 Å². The van der Waals surface area contributed by atoms with Crippen LogP contribution in [0.5, 0.6) is 0 Å². The van der Waals surface area contributed by atoms with Crippen LogP contribution in [-0.2, 0) is 0 Å². The van der Waals surface area contributed by atoms with Crippen molar-refractivity contribution in [2.45, 2.75) is 53.0 Å². The molecule has 3 aromatic heterocycles. The molecular formula is C21H29N7O. The van der Waals surface area contributed by atoms with Crippen molar-refractivity contribution in [2.75, 3.05) is 26.2 Å². The number of imidazole rings is 1. The van der Waals surface area contributed by atoms with Crippen molar-refractivity contribution in [3.8, 4) is 0 Å². The van der Waals surface area contributed by atoms with E-state index in [0.717, 1.165) is 31.0 Å². The molecule has 8 nitrogen and oxygen atoms in total. The number of fused-ring (bicyclic) bond motifs is 3. The fraction of sp³-hybridized carbons (Fsp3) is 0.571. The van der Waals surface area contributed by atoms with E-state index in [1.807, 2.05) is 23.1 Å². The molecular weight excluding hydrogens is 366 g/mol. The highest BCUT2D eigenvalue weighted by Gasteiger charge is 2.29. The van der Waals surface area contributed by atoms with Crippen molar-refractivity contribution >= 4 is 22.7 Å². The van der Waals surface area contributed by atoms with Gasteiger partial charge < -0.3 is 9.80 Å². The lowest BCUT2D eigenvalue weighted by Gasteiger charge is -2.36. The average molecular weight is 396 g/mol. The standard InChI is InChI=1S/C21H29N7O/c1-14-15(2)27-13-23-18-17(19(27)24-14)25-16(12-22-18)20(29)28(21(3,4)5)11-10-26-8-6-7-9-26/h12-13H,6-11H2,1-5H3. The fourth-order valence-electron chi connectivity index (χ4n) is 3.91. The highest BCUT2D eigenvalue weighted by atomic mass is 16.2. The van der Waals surface area contributed by atoms with E-state index in [2.05, 4.69) is 45.6 Å². The minimum Gasteiger partial charge on any atom is -0.331 e. The van der Waals surface area contributed by atoms with Gasteiger partial charge in [0.05, 0.1) is 11.9 Å². The lowest BCUT2D eigenvalue weighted by molar-refractivity contribution is 0.0551. The topological polar surface area (TPSA) is 79.5 Å². The van der Waals surface area contributed by atoms with Crippen LogP contribution in [0, 0.1) is 13.8 Å². The van der Waals surface area contributed by atoms with Gasteiger partial charge in [0.2, 0.25) is 0 Å². The molecule has 1 amide bonds. The summed E-state index contributed by atoms with van der Waals surface area (Å²) < 4.78 is 1.90. The molecule has 1 fully saturated rings. The largest absolute Gasteiger partial charge is 0.331 e. The van der Waals surface area contributed by atoms with E-state index in [4.69, 9.17) is 0 Å². The van der Waals surface area contributed by atoms with Crippen LogP contribution >= 0.6 is 0 Å². The van der Waals surface area contributed by atoms with E-state index in [-0.39, 0.29) is 11.4 Å². The van der Waals surface area contributed by atoms with Crippen molar-refractivity contribution in [3.63, 3.8) is 0 Å². The van der Waals surface area contributed by atoms with Crippen LogP contribution in [0.3, 0.4) is 0 Å². The second-order valence-corrected chi connectivity index (χ2v) is 8.82. The van der Waals surface area contributed by atoms with Gasteiger partial charge in [-0.2, -0.15) is 0 Å². The van der Waals surface area contributed by atoms with Gasteiger partial charge in [0.15, 0.2) is 16.8 Å². The number of likely N-dealkylation sites (tertiary alicyclic amines) is 1. The summed E-state index contributed by atoms with van der Waals surface area (Å²) >= 11 is 0. The van der Waals surface area contributed by atoms with Gasteiger partial charge in [-0.1, -0.05) is 0 Å². The second-order valence-electron chi connectivity index (χ2n) is 8.82. The number of nitrogens with zero attached hydrogens (tertiary/aromatic N) is 7. The van der Waals surface area contributed by atoms with Gasteiger partial charge in [0, 0.05) is 24.3 Å². The molecule has 0 atom stereocenters. The smallest absolute Gasteiger partial charge is 0.274 e. The number of hydrogen-bond acceptors (Lipinski definition) is 6. The van der Waals surface area contributed by atoms with E-state index in [1.165, 1.54) is 19.0 Å². The molecule has 0 saturated carbocycles. The SMILES string of the molecule is Cc1nc2c3nc(C(=O)N(CCN4CCCC4)C(C)(C)C)cnc3ncn2c1C. The summed E-state index contributed by atoms with van der Waals surface area (Å²) in [4.78, 5) is 35.8. The van der Waals surface area contributed by atoms with Gasteiger partial charge in [-0.15, -0.1) is 0 Å². The molecule has 29 heavy (non-hydrogen) atoms. The molecule has 0 bridgehead atoms. The summed E-state index contributed by atoms with van der Waals surface area (Å²) in [5.74, 6) is -0.104. The van der Waals surface area contributed by atoms with Gasteiger partial charge >= 0.3 is 0 Å². The Bertz CT molecular complexity index is 1060. The van der Waals surface area contributed by atoms with Crippen LogP contribution in [0.15, 0.2) is 12.5 Å². The van der Waals surface area contributed by atoms with E-state index >= 15 is 0 Å². The second kappa shape index (κ2) is 7.33. The Hall–Kier alpha value is -2.61. The predicted octanol–water partition coefficient (Wildman–Crippen LogP) is 2.63. The van der Waals surface area contributed by atoms with Crippen molar-refractivity contribution in [3.05, 3.63) is 29.6 Å². The highest BCUT2D eigenvalue weighted by Crippen LogP contribution is 2.21. The van der Waals surface area contributed by atoms with Gasteiger partial charge in [-0.05, 0) is 60.5 Å². The molecule has 8 heteroatoms. The molecule has 3 aromatic rings. The predicted molar refractivity (Wildman–Crippen MR) is 112 cm³/mol. The Morgan fingerprint density at radius 1 is 1.14 bits per heavy atom. The van der Waals surface area contributed by atoms with Gasteiger partial charge in [-0.3, -0.25) is 9.20 Å². The molecule has 0 aliphatic carbocycles. The first-order chi connectivity index (χ1) is 13.8. The van der Waals surface area contributed by atoms with E-state index < -0.39 is 0 Å². The van der Waals surface area contributed by atoms with E-state index in [1.54, 1.807) is 6.33 Å². The minimum absolute atomic E-state index is 0.104. The number of carbonyl (C=O) groups excluding carboxylic acids is 1. The van der Waals surface area contributed by atoms with Crippen LogP contribution in [0.4, 0.5) is 0 Å². The maximum absolute atomic E-state index is 13.4. The molecule has 0 radical (unpaired) electrons. The maximum atomic E-state index is 13.4. The van der Waals surface area contributed by atoms with Gasteiger partial charge in [0.1, 0.15) is 12.0 Å². The molecule has 0 unspecified atom stereocenters. The molecule has 1 saturated heterocycles. The minimum atomic E-state index is -0.307. The fourth-order valence-corrected chi connectivity index (χ4v) is 3.91. The van der Waals surface area contributed by atoms with E-state index in [9.17, 15) is 4.79 Å². The molecule has 1 aliphatic rings. The van der Waals surface area contributed by atoms with Crippen LogP contribution < -0.4 is 0 Å². The zero-order chi connectivity index (χ0) is 20.8. The quantitative estimate of drug-likeness (QED) is 0.676. The molecule has 0 aromatic carbocycles. The Morgan fingerprint density at radius 3 is 2.55 bits per heavy atom. The summed E-state index contributed by atoms with van der Waals surface area (Å²) in [7, 11) is 0. The monoisotopic (exact) mass is 395 g/mol. The zero-order valence-electron chi connectivity index (χ0n) is 17.9. The lowest BCUT2D eigenvalue weighted by Crippen LogP contribution is -2.49. The van der Waals surface area contributed by atoms with Crippen molar-refractivity contribution < 1.29 is 4.79 Å². The Kier molecular flexibility index (Phi) is 4.98. The third-order valence-electron chi connectivity index (χ3n) is 5.76. The molecule has 0 spiro atoms. The number of carbonyl (C=O) groups is 1. The number of rotatable bonds is 4. The lowest BCUT2D eigenvalue weighted by atomic mass is 10.1. The summed E-state index contributed by atoms with van der Waals surface area (Å²) in [5, 5.41) is 0. The maximum Gasteiger partial charge on any atom is 0.274 e. The first-order valence-electron chi connectivity index (χ1n) is 10.3. The first kappa shape index (κ1) is 19.7. The summed E-state index contributed by atoms with van der Waals surface area (Å²) in [6.45, 7) is 13.9. The van der Waals surface area contributed by atoms with Gasteiger partial charge in [0.25, 0.3) is 5.91 Å².